The molecule has 1 saturated heterocycles. The van der Waals surface area contributed by atoms with Gasteiger partial charge in [-0.3, -0.25) is 0 Å². The fourth-order valence-corrected chi connectivity index (χ4v) is 5.68. The lowest BCUT2D eigenvalue weighted by Crippen LogP contribution is -2.31. The summed E-state index contributed by atoms with van der Waals surface area (Å²) in [6.45, 7) is 5.09. The summed E-state index contributed by atoms with van der Waals surface area (Å²) in [5.74, 6) is 0.933. The van der Waals surface area contributed by atoms with Crippen LogP contribution < -0.4 is 10.5 Å². The van der Waals surface area contributed by atoms with Gasteiger partial charge in [-0.1, -0.05) is 42.9 Å². The maximum absolute atomic E-state index is 13.2. The van der Waals surface area contributed by atoms with E-state index in [0.717, 1.165) is 59.7 Å². The van der Waals surface area contributed by atoms with E-state index in [1.165, 1.54) is 42.7 Å². The molecule has 3 heterocycles. The largest absolute Gasteiger partial charge is 0.437 e. The first kappa shape index (κ1) is 25.5. The third-order valence-electron chi connectivity index (χ3n) is 6.79. The molecule has 0 atom stereocenters. The second kappa shape index (κ2) is 10.7. The number of nitrogens with zero attached hydrogens (tertiary/aromatic N) is 3. The van der Waals surface area contributed by atoms with Crippen LogP contribution in [0, 0.1) is 0 Å². The lowest BCUT2D eigenvalue weighted by molar-refractivity contribution is -0.137. The van der Waals surface area contributed by atoms with Crippen LogP contribution in [-0.4, -0.2) is 34.5 Å². The number of pyridine rings is 1. The van der Waals surface area contributed by atoms with Crippen molar-refractivity contribution in [2.24, 2.45) is 0 Å². The lowest BCUT2D eigenvalue weighted by atomic mass is 9.95. The normalized spacial score (nSPS) is 14.8. The van der Waals surface area contributed by atoms with Crippen LogP contribution in [-0.2, 0) is 19.0 Å². The van der Waals surface area contributed by atoms with Gasteiger partial charge < -0.3 is 15.4 Å². The van der Waals surface area contributed by atoms with Crippen molar-refractivity contribution in [1.82, 2.24) is 14.9 Å². The Balaban J connectivity index is 1.55. The Morgan fingerprint density at radius 3 is 2.49 bits per heavy atom. The van der Waals surface area contributed by atoms with Gasteiger partial charge in [-0.2, -0.15) is 13.2 Å². The van der Waals surface area contributed by atoms with Gasteiger partial charge in [-0.05, 0) is 73.3 Å². The molecule has 0 radical (unpaired) electrons. The number of hydrogen-bond donors (Lipinski definition) is 1. The molecule has 5 nitrogen and oxygen atoms in total. The zero-order valence-corrected chi connectivity index (χ0v) is 21.5. The molecule has 1 aliphatic heterocycles. The molecule has 0 aliphatic carbocycles. The molecule has 4 aromatic rings. The maximum atomic E-state index is 13.2. The van der Waals surface area contributed by atoms with Gasteiger partial charge in [-0.25, -0.2) is 9.97 Å². The van der Waals surface area contributed by atoms with Crippen LogP contribution in [0.4, 0.5) is 18.3 Å². The van der Waals surface area contributed by atoms with Crippen molar-refractivity contribution in [3.05, 3.63) is 65.4 Å². The summed E-state index contributed by atoms with van der Waals surface area (Å²) in [5, 5.41) is 0.452. The van der Waals surface area contributed by atoms with Crippen molar-refractivity contribution in [2.75, 3.05) is 25.4 Å². The number of halogens is 3. The average Bonchev–Trinajstić information content (AvgIpc) is 3.28. The lowest BCUT2D eigenvalue weighted by Gasteiger charge is -2.26. The first-order chi connectivity index (χ1) is 17.8. The zero-order valence-electron chi connectivity index (χ0n) is 20.6. The molecular formula is C28H29F3N4OS. The highest BCUT2D eigenvalue weighted by atomic mass is 32.1. The van der Waals surface area contributed by atoms with E-state index >= 15 is 0 Å². The maximum Gasteiger partial charge on any atom is 0.416 e. The van der Waals surface area contributed by atoms with E-state index in [4.69, 9.17) is 15.5 Å². The fraction of sp³-hybridized carbons (Fsp3) is 0.357. The number of thiazole rings is 1. The number of aromatic nitrogens is 2. The first-order valence-electron chi connectivity index (χ1n) is 12.6. The molecule has 194 valence electrons. The van der Waals surface area contributed by atoms with Gasteiger partial charge in [0.1, 0.15) is 5.52 Å². The van der Waals surface area contributed by atoms with Crippen LogP contribution in [0.3, 0.4) is 0 Å². The number of piperidine rings is 1. The van der Waals surface area contributed by atoms with Crippen LogP contribution in [0.15, 0.2) is 48.5 Å². The Bertz CT molecular complexity index is 1380. The SMILES string of the molecule is CCc1c(-c2ccc(C(F)(F)F)cc2)cc(Oc2cccc3sc(N)nc23)nc1CCN1CCCCC1. The van der Waals surface area contributed by atoms with Crippen molar-refractivity contribution >= 4 is 26.7 Å². The number of rotatable bonds is 7. The van der Waals surface area contributed by atoms with E-state index in [1.807, 2.05) is 31.2 Å². The number of nitrogen functional groups attached to an aromatic ring is 1. The monoisotopic (exact) mass is 526 g/mol. The number of benzene rings is 2. The third-order valence-corrected chi connectivity index (χ3v) is 7.64. The van der Waals surface area contributed by atoms with E-state index < -0.39 is 11.7 Å². The topological polar surface area (TPSA) is 64.3 Å². The Hall–Kier alpha value is -3.17. The molecule has 2 aromatic heterocycles. The second-order valence-electron chi connectivity index (χ2n) is 9.27. The molecule has 2 aromatic carbocycles. The van der Waals surface area contributed by atoms with Crippen LogP contribution in [0.5, 0.6) is 11.6 Å². The fourth-order valence-electron chi connectivity index (χ4n) is 4.93. The molecule has 2 N–H and O–H groups in total. The molecule has 0 bridgehead atoms. The minimum Gasteiger partial charge on any atom is -0.437 e. The summed E-state index contributed by atoms with van der Waals surface area (Å²) in [6.07, 6.45) is 0.734. The second-order valence-corrected chi connectivity index (χ2v) is 10.3. The molecule has 1 fully saturated rings. The Morgan fingerprint density at radius 1 is 1.03 bits per heavy atom. The van der Waals surface area contributed by atoms with E-state index in [2.05, 4.69) is 9.88 Å². The Morgan fingerprint density at radius 2 is 1.78 bits per heavy atom. The highest BCUT2D eigenvalue weighted by molar-refractivity contribution is 7.22. The Kier molecular flexibility index (Phi) is 7.35. The van der Waals surface area contributed by atoms with Crippen molar-refractivity contribution in [2.45, 2.75) is 45.2 Å². The van der Waals surface area contributed by atoms with E-state index in [1.54, 1.807) is 0 Å². The number of fused-ring (bicyclic) bond motifs is 1. The van der Waals surface area contributed by atoms with E-state index in [-0.39, 0.29) is 0 Å². The number of nitrogens with two attached hydrogens (primary N) is 1. The van der Waals surface area contributed by atoms with Gasteiger partial charge in [0.2, 0.25) is 5.88 Å². The first-order valence-corrected chi connectivity index (χ1v) is 13.4. The van der Waals surface area contributed by atoms with E-state index in [9.17, 15) is 13.2 Å². The summed E-state index contributed by atoms with van der Waals surface area (Å²) >= 11 is 1.38. The van der Waals surface area contributed by atoms with Crippen LogP contribution >= 0.6 is 11.3 Å². The van der Waals surface area contributed by atoms with Crippen LogP contribution in [0.1, 0.15) is 43.0 Å². The molecule has 37 heavy (non-hydrogen) atoms. The Labute approximate surface area is 218 Å². The summed E-state index contributed by atoms with van der Waals surface area (Å²) in [7, 11) is 0. The molecular weight excluding hydrogens is 497 g/mol. The predicted octanol–water partition coefficient (Wildman–Crippen LogP) is 7.34. The van der Waals surface area contributed by atoms with Gasteiger partial charge in [0.25, 0.3) is 0 Å². The molecule has 0 unspecified atom stereocenters. The number of hydrogen-bond acceptors (Lipinski definition) is 6. The highest BCUT2D eigenvalue weighted by Gasteiger charge is 2.30. The standard InChI is InChI=1S/C28H29F3N4OS/c1-2-20-21(18-9-11-19(12-10-18)28(29,30)31)17-25(33-22(20)13-16-35-14-4-3-5-15-35)36-23-7-6-8-24-26(23)34-27(32)37-24/h6-12,17H,2-5,13-16H2,1H3,(H2,32,34). The minimum absolute atomic E-state index is 0.389. The van der Waals surface area contributed by atoms with E-state index in [0.29, 0.717) is 34.3 Å². The molecule has 9 heteroatoms. The third kappa shape index (κ3) is 5.72. The van der Waals surface area contributed by atoms with Gasteiger partial charge in [-0.15, -0.1) is 0 Å². The van der Waals surface area contributed by atoms with Crippen molar-refractivity contribution in [1.29, 1.82) is 0 Å². The quantitative estimate of drug-likeness (QED) is 0.273. The number of ether oxygens (including phenoxy) is 1. The van der Waals surface area contributed by atoms with Crippen molar-refractivity contribution < 1.29 is 17.9 Å². The van der Waals surface area contributed by atoms with Gasteiger partial charge in [0.15, 0.2) is 10.9 Å². The summed E-state index contributed by atoms with van der Waals surface area (Å²) in [4.78, 5) is 11.8. The number of para-hydroxylation sites is 1. The summed E-state index contributed by atoms with van der Waals surface area (Å²) in [6, 6.07) is 12.8. The number of alkyl halides is 3. The molecule has 0 amide bonds. The number of anilines is 1. The molecule has 5 rings (SSSR count). The van der Waals surface area contributed by atoms with Crippen molar-refractivity contribution in [3.63, 3.8) is 0 Å². The molecule has 1 aliphatic rings. The van der Waals surface area contributed by atoms with Crippen LogP contribution in [0.25, 0.3) is 21.3 Å². The molecule has 0 spiro atoms. The predicted molar refractivity (Wildman–Crippen MR) is 142 cm³/mol. The number of likely N-dealkylation sites (tertiary alicyclic amines) is 1. The average molecular weight is 527 g/mol. The summed E-state index contributed by atoms with van der Waals surface area (Å²) in [5.41, 5.74) is 9.39. The summed E-state index contributed by atoms with van der Waals surface area (Å²) < 4.78 is 46.8. The van der Waals surface area contributed by atoms with Crippen molar-refractivity contribution in [3.8, 4) is 22.8 Å². The van der Waals surface area contributed by atoms with Gasteiger partial charge in [0.05, 0.1) is 10.3 Å². The van der Waals surface area contributed by atoms with Gasteiger partial charge in [0, 0.05) is 24.7 Å². The smallest absolute Gasteiger partial charge is 0.416 e. The molecule has 0 saturated carbocycles. The zero-order chi connectivity index (χ0) is 26.0. The highest BCUT2D eigenvalue weighted by Crippen LogP contribution is 2.37. The van der Waals surface area contributed by atoms with Crippen LogP contribution in [0.2, 0.25) is 0 Å². The van der Waals surface area contributed by atoms with Gasteiger partial charge >= 0.3 is 6.18 Å². The minimum atomic E-state index is -4.38.